The number of carbonyl (C=O) groups is 1. The number of carbonyl (C=O) groups excluding carboxylic acids is 1. The molecular formula is C12H10O3S. The number of ether oxygens (including phenoxy) is 1. The second-order valence-corrected chi connectivity index (χ2v) is 4.53. The molecule has 4 heteroatoms. The van der Waals surface area contributed by atoms with Crippen molar-refractivity contribution in [3.8, 4) is 11.5 Å². The van der Waals surface area contributed by atoms with Gasteiger partial charge < -0.3 is 9.84 Å². The lowest BCUT2D eigenvalue weighted by Crippen LogP contribution is -2.06. The number of esters is 1. The first-order valence-electron chi connectivity index (χ1n) is 4.73. The molecule has 0 aliphatic heterocycles. The summed E-state index contributed by atoms with van der Waals surface area (Å²) < 4.78 is 5.11. The highest BCUT2D eigenvalue weighted by atomic mass is 32.1. The van der Waals surface area contributed by atoms with Crippen molar-refractivity contribution in [2.75, 3.05) is 0 Å². The zero-order chi connectivity index (χ0) is 11.5. The first-order chi connectivity index (χ1) is 7.66. The lowest BCUT2D eigenvalue weighted by Gasteiger charge is -2.01. The number of hydrogen-bond donors (Lipinski definition) is 1. The van der Waals surface area contributed by atoms with Crippen molar-refractivity contribution in [2.24, 2.45) is 0 Å². The molecular weight excluding hydrogens is 224 g/mol. The van der Waals surface area contributed by atoms with Crippen molar-refractivity contribution in [1.29, 1.82) is 0 Å². The van der Waals surface area contributed by atoms with Gasteiger partial charge in [0.25, 0.3) is 0 Å². The molecule has 0 fully saturated rings. The number of aryl methyl sites for hydroxylation is 1. The number of thiophene rings is 1. The maximum absolute atomic E-state index is 11.7. The van der Waals surface area contributed by atoms with Gasteiger partial charge in [-0.1, -0.05) is 18.2 Å². The Balaban J connectivity index is 2.18. The van der Waals surface area contributed by atoms with Gasteiger partial charge in [-0.25, -0.2) is 4.79 Å². The Morgan fingerprint density at radius 2 is 2.00 bits per heavy atom. The molecule has 0 bridgehead atoms. The van der Waals surface area contributed by atoms with Crippen LogP contribution >= 0.6 is 11.3 Å². The van der Waals surface area contributed by atoms with Gasteiger partial charge >= 0.3 is 5.97 Å². The molecule has 16 heavy (non-hydrogen) atoms. The number of para-hydroxylation sites is 1. The lowest BCUT2D eigenvalue weighted by molar-refractivity contribution is 0.0737. The molecule has 1 heterocycles. The van der Waals surface area contributed by atoms with Crippen LogP contribution in [0.3, 0.4) is 0 Å². The van der Waals surface area contributed by atoms with Crippen molar-refractivity contribution < 1.29 is 14.6 Å². The third-order valence-electron chi connectivity index (χ3n) is 1.97. The highest BCUT2D eigenvalue weighted by Crippen LogP contribution is 2.28. The maximum Gasteiger partial charge on any atom is 0.357 e. The molecule has 0 spiro atoms. The minimum atomic E-state index is -0.526. The van der Waals surface area contributed by atoms with Gasteiger partial charge in [0.1, 0.15) is 11.5 Å². The standard InChI is InChI=1S/C12H10O3S/c1-8-7-10(13)11(16-8)12(14)15-9-5-3-2-4-6-9/h2-7,13H,1H3. The first kappa shape index (κ1) is 10.7. The van der Waals surface area contributed by atoms with E-state index in [2.05, 4.69) is 0 Å². The fourth-order valence-corrected chi connectivity index (χ4v) is 2.07. The molecule has 0 saturated carbocycles. The van der Waals surface area contributed by atoms with Crippen LogP contribution in [-0.4, -0.2) is 11.1 Å². The summed E-state index contributed by atoms with van der Waals surface area (Å²) >= 11 is 1.22. The monoisotopic (exact) mass is 234 g/mol. The number of hydrogen-bond acceptors (Lipinski definition) is 4. The third-order valence-corrected chi connectivity index (χ3v) is 2.99. The van der Waals surface area contributed by atoms with Gasteiger partial charge in [-0.3, -0.25) is 0 Å². The van der Waals surface area contributed by atoms with Crippen LogP contribution in [0.5, 0.6) is 11.5 Å². The Morgan fingerprint density at radius 1 is 1.31 bits per heavy atom. The van der Waals surface area contributed by atoms with Gasteiger partial charge in [-0.2, -0.15) is 0 Å². The van der Waals surface area contributed by atoms with Crippen LogP contribution in [0.1, 0.15) is 14.5 Å². The summed E-state index contributed by atoms with van der Waals surface area (Å²) in [6.07, 6.45) is 0. The normalized spacial score (nSPS) is 10.1. The van der Waals surface area contributed by atoms with E-state index < -0.39 is 5.97 Å². The van der Waals surface area contributed by atoms with Crippen molar-refractivity contribution in [3.05, 3.63) is 46.2 Å². The van der Waals surface area contributed by atoms with E-state index in [0.29, 0.717) is 5.75 Å². The Kier molecular flexibility index (Phi) is 2.92. The summed E-state index contributed by atoms with van der Waals surface area (Å²) in [7, 11) is 0. The minimum absolute atomic E-state index is 0.0246. The summed E-state index contributed by atoms with van der Waals surface area (Å²) in [4.78, 5) is 12.8. The SMILES string of the molecule is Cc1cc(O)c(C(=O)Oc2ccccc2)s1. The van der Waals surface area contributed by atoms with Crippen molar-refractivity contribution in [2.45, 2.75) is 6.92 Å². The average Bonchev–Trinajstić information content (AvgIpc) is 2.59. The van der Waals surface area contributed by atoms with Gasteiger partial charge in [0.05, 0.1) is 0 Å². The predicted octanol–water partition coefficient (Wildman–Crippen LogP) is 2.98. The van der Waals surface area contributed by atoms with E-state index >= 15 is 0 Å². The van der Waals surface area contributed by atoms with Crippen LogP contribution in [0, 0.1) is 6.92 Å². The number of rotatable bonds is 2. The molecule has 0 aliphatic carbocycles. The van der Waals surface area contributed by atoms with Gasteiger partial charge in [0.2, 0.25) is 0 Å². The van der Waals surface area contributed by atoms with Gasteiger partial charge in [-0.15, -0.1) is 11.3 Å². The largest absolute Gasteiger partial charge is 0.506 e. The first-order valence-corrected chi connectivity index (χ1v) is 5.55. The highest BCUT2D eigenvalue weighted by molar-refractivity contribution is 7.14. The molecule has 2 aromatic rings. The van der Waals surface area contributed by atoms with Crippen LogP contribution in [-0.2, 0) is 0 Å². The van der Waals surface area contributed by atoms with Crippen LogP contribution in [0.15, 0.2) is 36.4 Å². The fraction of sp³-hybridized carbons (Fsp3) is 0.0833. The fourth-order valence-electron chi connectivity index (χ4n) is 1.29. The smallest absolute Gasteiger partial charge is 0.357 e. The highest BCUT2D eigenvalue weighted by Gasteiger charge is 2.16. The molecule has 1 aromatic carbocycles. The van der Waals surface area contributed by atoms with E-state index in [1.165, 1.54) is 11.3 Å². The van der Waals surface area contributed by atoms with E-state index in [1.54, 1.807) is 30.3 Å². The third kappa shape index (κ3) is 2.23. The van der Waals surface area contributed by atoms with Gasteiger partial charge in [0, 0.05) is 4.88 Å². The molecule has 2 rings (SSSR count). The minimum Gasteiger partial charge on any atom is -0.506 e. The second kappa shape index (κ2) is 4.37. The Bertz CT molecular complexity index is 502. The summed E-state index contributed by atoms with van der Waals surface area (Å²) in [5, 5.41) is 9.49. The van der Waals surface area contributed by atoms with Crippen LogP contribution in [0.2, 0.25) is 0 Å². The summed E-state index contributed by atoms with van der Waals surface area (Å²) in [5.41, 5.74) is 0. The molecule has 0 atom stereocenters. The van der Waals surface area contributed by atoms with Crippen molar-refractivity contribution in [3.63, 3.8) is 0 Å². The quantitative estimate of drug-likeness (QED) is 0.642. The maximum atomic E-state index is 11.7. The topological polar surface area (TPSA) is 46.5 Å². The van der Waals surface area contributed by atoms with Crippen LogP contribution < -0.4 is 4.74 Å². The molecule has 0 aliphatic rings. The van der Waals surface area contributed by atoms with Crippen molar-refractivity contribution in [1.82, 2.24) is 0 Å². The summed E-state index contributed by atoms with van der Waals surface area (Å²) in [6, 6.07) is 10.3. The molecule has 0 radical (unpaired) electrons. The van der Waals surface area contributed by atoms with Gasteiger partial charge in [-0.05, 0) is 25.1 Å². The van der Waals surface area contributed by atoms with E-state index in [0.717, 1.165) is 4.88 Å². The Morgan fingerprint density at radius 3 is 2.56 bits per heavy atom. The molecule has 0 saturated heterocycles. The molecule has 0 amide bonds. The van der Waals surface area contributed by atoms with E-state index in [-0.39, 0.29) is 10.6 Å². The molecule has 1 aromatic heterocycles. The number of aromatic hydroxyl groups is 1. The van der Waals surface area contributed by atoms with Gasteiger partial charge in [0.15, 0.2) is 4.88 Å². The average molecular weight is 234 g/mol. The van der Waals surface area contributed by atoms with Crippen LogP contribution in [0.4, 0.5) is 0 Å². The zero-order valence-corrected chi connectivity index (χ0v) is 9.45. The number of benzene rings is 1. The lowest BCUT2D eigenvalue weighted by atomic mass is 10.3. The Hall–Kier alpha value is -1.81. The Labute approximate surface area is 96.9 Å². The predicted molar refractivity (Wildman–Crippen MR) is 62.1 cm³/mol. The second-order valence-electron chi connectivity index (χ2n) is 3.27. The molecule has 82 valence electrons. The van der Waals surface area contributed by atoms with Crippen molar-refractivity contribution >= 4 is 17.3 Å². The zero-order valence-electron chi connectivity index (χ0n) is 8.64. The summed E-state index contributed by atoms with van der Waals surface area (Å²) in [5.74, 6) is -0.0804. The van der Waals surface area contributed by atoms with E-state index in [1.807, 2.05) is 13.0 Å². The van der Waals surface area contributed by atoms with E-state index in [4.69, 9.17) is 4.74 Å². The summed E-state index contributed by atoms with van der Waals surface area (Å²) in [6.45, 7) is 1.82. The van der Waals surface area contributed by atoms with Crippen LogP contribution in [0.25, 0.3) is 0 Å². The molecule has 0 unspecified atom stereocenters. The molecule has 1 N–H and O–H groups in total. The van der Waals surface area contributed by atoms with E-state index in [9.17, 15) is 9.90 Å². The molecule has 3 nitrogen and oxygen atoms in total.